The normalized spacial score (nSPS) is 20.1. The molecular weight excluding hydrogens is 340 g/mol. The van der Waals surface area contributed by atoms with Gasteiger partial charge >= 0.3 is 0 Å². The van der Waals surface area contributed by atoms with Gasteiger partial charge in [-0.1, -0.05) is 31.0 Å². The first-order chi connectivity index (χ1) is 11.6. The lowest BCUT2D eigenvalue weighted by molar-refractivity contribution is 0.0947. The van der Waals surface area contributed by atoms with Gasteiger partial charge in [0.2, 0.25) is 0 Å². The summed E-state index contributed by atoms with van der Waals surface area (Å²) < 4.78 is 0. The molecule has 1 saturated carbocycles. The third-order valence-electron chi connectivity index (χ3n) is 4.50. The second-order valence-electron chi connectivity index (χ2n) is 6.45. The van der Waals surface area contributed by atoms with Gasteiger partial charge in [0.25, 0.3) is 5.91 Å². The molecule has 1 aliphatic rings. The van der Waals surface area contributed by atoms with E-state index in [4.69, 9.17) is 11.6 Å². The minimum Gasteiger partial charge on any atom is -0.352 e. The zero-order valence-corrected chi connectivity index (χ0v) is 16.0. The molecule has 0 saturated heterocycles. The Morgan fingerprint density at radius 3 is 3.00 bits per heavy atom. The van der Waals surface area contributed by atoms with Crippen molar-refractivity contribution in [2.45, 2.75) is 50.5 Å². The van der Waals surface area contributed by atoms with Crippen LogP contribution < -0.4 is 5.32 Å². The first-order valence-electron chi connectivity index (χ1n) is 8.82. The molecule has 1 fully saturated rings. The minimum absolute atomic E-state index is 0.0431. The molecule has 1 aromatic rings. The van der Waals surface area contributed by atoms with E-state index in [0.29, 0.717) is 10.7 Å². The van der Waals surface area contributed by atoms with Crippen LogP contribution in [0.3, 0.4) is 0 Å². The zero-order valence-electron chi connectivity index (χ0n) is 14.4. The number of rotatable bonds is 9. The van der Waals surface area contributed by atoms with E-state index in [0.717, 1.165) is 48.4 Å². The average Bonchev–Trinajstić information content (AvgIpc) is 3.00. The van der Waals surface area contributed by atoms with Crippen LogP contribution in [0.1, 0.15) is 55.8 Å². The Morgan fingerprint density at radius 2 is 2.25 bits per heavy atom. The fourth-order valence-electron chi connectivity index (χ4n) is 3.27. The van der Waals surface area contributed by atoms with Gasteiger partial charge in [0.15, 0.2) is 0 Å². The van der Waals surface area contributed by atoms with Crippen LogP contribution in [0.5, 0.6) is 0 Å². The average molecular weight is 367 g/mol. The number of halogens is 1. The molecule has 1 aliphatic carbocycles. The smallest absolute Gasteiger partial charge is 0.254 e. The van der Waals surface area contributed by atoms with E-state index in [-0.39, 0.29) is 5.91 Å². The van der Waals surface area contributed by atoms with Crippen molar-refractivity contribution in [3.63, 3.8) is 0 Å². The van der Waals surface area contributed by atoms with Gasteiger partial charge in [0, 0.05) is 6.54 Å². The van der Waals surface area contributed by atoms with E-state index in [9.17, 15) is 4.79 Å². The fourth-order valence-corrected chi connectivity index (χ4v) is 4.35. The van der Waals surface area contributed by atoms with Crippen LogP contribution in [-0.2, 0) is 0 Å². The number of aromatic nitrogens is 1. The molecule has 0 aromatic carbocycles. The molecule has 5 heteroatoms. The summed E-state index contributed by atoms with van der Waals surface area (Å²) >= 11 is 7.56. The first kappa shape index (κ1) is 19.3. The Labute approximate surface area is 154 Å². The van der Waals surface area contributed by atoms with Crippen molar-refractivity contribution in [2.75, 3.05) is 12.3 Å². The van der Waals surface area contributed by atoms with Crippen LogP contribution in [0.4, 0.5) is 0 Å². The van der Waals surface area contributed by atoms with Crippen LogP contribution in [0.15, 0.2) is 29.8 Å². The van der Waals surface area contributed by atoms with Crippen LogP contribution >= 0.6 is 23.4 Å². The van der Waals surface area contributed by atoms with Crippen molar-refractivity contribution in [1.29, 1.82) is 0 Å². The largest absolute Gasteiger partial charge is 0.352 e. The van der Waals surface area contributed by atoms with Crippen molar-refractivity contribution < 1.29 is 4.79 Å². The van der Waals surface area contributed by atoms with Gasteiger partial charge in [0.1, 0.15) is 10.2 Å². The number of thioether (sulfide) groups is 1. The van der Waals surface area contributed by atoms with Gasteiger partial charge in [-0.15, -0.1) is 18.3 Å². The van der Waals surface area contributed by atoms with Gasteiger partial charge in [-0.25, -0.2) is 4.98 Å². The van der Waals surface area contributed by atoms with Gasteiger partial charge in [-0.3, -0.25) is 4.79 Å². The molecule has 0 spiro atoms. The highest BCUT2D eigenvalue weighted by molar-refractivity contribution is 7.99. The molecule has 24 heavy (non-hydrogen) atoms. The maximum Gasteiger partial charge on any atom is 0.254 e. The summed E-state index contributed by atoms with van der Waals surface area (Å²) in [7, 11) is 0. The highest BCUT2D eigenvalue weighted by Gasteiger charge is 2.23. The molecule has 2 atom stereocenters. The maximum atomic E-state index is 12.5. The van der Waals surface area contributed by atoms with Crippen molar-refractivity contribution in [3.8, 4) is 0 Å². The molecule has 0 aliphatic heterocycles. The summed E-state index contributed by atoms with van der Waals surface area (Å²) in [6.07, 6.45) is 9.07. The Morgan fingerprint density at radius 1 is 1.46 bits per heavy atom. The Bertz CT molecular complexity index is 564. The van der Waals surface area contributed by atoms with Gasteiger partial charge in [0.05, 0.1) is 5.56 Å². The molecule has 3 nitrogen and oxygen atoms in total. The third kappa shape index (κ3) is 5.82. The second kappa shape index (κ2) is 10.1. The van der Waals surface area contributed by atoms with E-state index >= 15 is 0 Å². The van der Waals surface area contributed by atoms with Gasteiger partial charge < -0.3 is 5.32 Å². The number of nitrogens with zero attached hydrogens (tertiary/aromatic N) is 1. The number of amides is 1. The lowest BCUT2D eigenvalue weighted by Gasteiger charge is -2.12. The molecule has 0 bridgehead atoms. The summed E-state index contributed by atoms with van der Waals surface area (Å²) in [6.45, 7) is 6.67. The van der Waals surface area contributed by atoms with Crippen LogP contribution in [0.2, 0.25) is 5.15 Å². The summed E-state index contributed by atoms with van der Waals surface area (Å²) in [6, 6.07) is 3.46. The number of pyridine rings is 1. The predicted molar refractivity (Wildman–Crippen MR) is 103 cm³/mol. The zero-order chi connectivity index (χ0) is 17.4. The second-order valence-corrected chi connectivity index (χ2v) is 7.92. The van der Waals surface area contributed by atoms with Crippen molar-refractivity contribution in [1.82, 2.24) is 10.3 Å². The van der Waals surface area contributed by atoms with E-state index in [1.807, 2.05) is 6.08 Å². The summed E-state index contributed by atoms with van der Waals surface area (Å²) in [5.74, 6) is 2.41. The molecule has 1 N–H and O–H groups in total. The minimum atomic E-state index is -0.0431. The lowest BCUT2D eigenvalue weighted by Crippen LogP contribution is -2.26. The first-order valence-corrected chi connectivity index (χ1v) is 10.2. The summed E-state index contributed by atoms with van der Waals surface area (Å²) in [5, 5.41) is 4.22. The highest BCUT2D eigenvalue weighted by atomic mass is 35.5. The monoisotopic (exact) mass is 366 g/mol. The van der Waals surface area contributed by atoms with Gasteiger partial charge in [-0.05, 0) is 61.8 Å². The van der Waals surface area contributed by atoms with E-state index in [1.165, 1.54) is 19.3 Å². The Hall–Kier alpha value is -1.00. The topological polar surface area (TPSA) is 42.0 Å². The number of hydrogen-bond acceptors (Lipinski definition) is 3. The van der Waals surface area contributed by atoms with Crippen molar-refractivity contribution in [3.05, 3.63) is 35.5 Å². The molecule has 132 valence electrons. The van der Waals surface area contributed by atoms with E-state index in [2.05, 4.69) is 23.8 Å². The SMILES string of the molecule is C=CCC1CCC(CCNC(=O)c2ccc(Cl)nc2SCCC)C1. The number of carbonyl (C=O) groups is 1. The molecule has 1 heterocycles. The fraction of sp³-hybridized carbons (Fsp3) is 0.579. The lowest BCUT2D eigenvalue weighted by atomic mass is 9.99. The highest BCUT2D eigenvalue weighted by Crippen LogP contribution is 2.34. The van der Waals surface area contributed by atoms with Gasteiger partial charge in [-0.2, -0.15) is 0 Å². The van der Waals surface area contributed by atoms with E-state index < -0.39 is 0 Å². The van der Waals surface area contributed by atoms with Crippen LogP contribution in [-0.4, -0.2) is 23.2 Å². The molecular formula is C19H27ClN2OS. The van der Waals surface area contributed by atoms with Crippen LogP contribution in [0, 0.1) is 11.8 Å². The quantitative estimate of drug-likeness (QED) is 0.364. The molecule has 2 unspecified atom stereocenters. The predicted octanol–water partition coefficient (Wildman–Crippen LogP) is 5.35. The number of carbonyl (C=O) groups excluding carboxylic acids is 1. The summed E-state index contributed by atoms with van der Waals surface area (Å²) in [5.41, 5.74) is 0.633. The Kier molecular flexibility index (Phi) is 8.13. The molecule has 1 amide bonds. The Balaban J connectivity index is 1.83. The summed E-state index contributed by atoms with van der Waals surface area (Å²) in [4.78, 5) is 16.8. The van der Waals surface area contributed by atoms with Crippen molar-refractivity contribution in [2.24, 2.45) is 11.8 Å². The number of hydrogen-bond donors (Lipinski definition) is 1. The number of nitrogens with one attached hydrogen (secondary N) is 1. The third-order valence-corrected chi connectivity index (χ3v) is 5.91. The number of allylic oxidation sites excluding steroid dienone is 1. The standard InChI is InChI=1S/C19H27ClN2OS/c1-3-5-14-6-7-15(13-14)10-11-21-18(23)16-8-9-17(20)22-19(16)24-12-4-2/h3,8-9,14-15H,1,4-7,10-13H2,2H3,(H,21,23). The van der Waals surface area contributed by atoms with Crippen LogP contribution in [0.25, 0.3) is 0 Å². The molecule has 2 rings (SSSR count). The molecule has 0 radical (unpaired) electrons. The molecule has 1 aromatic heterocycles. The van der Waals surface area contributed by atoms with Crippen molar-refractivity contribution >= 4 is 29.3 Å². The maximum absolute atomic E-state index is 12.5. The van der Waals surface area contributed by atoms with E-state index in [1.54, 1.807) is 23.9 Å².